The van der Waals surface area contributed by atoms with Crippen LogP contribution in [0.15, 0.2) is 42.0 Å². The molecule has 2 aliphatic rings. The lowest BCUT2D eigenvalue weighted by molar-refractivity contribution is 0.820. The van der Waals surface area contributed by atoms with Crippen molar-refractivity contribution in [2.75, 3.05) is 0 Å². The molecule has 1 atom stereocenters. The van der Waals surface area contributed by atoms with Crippen LogP contribution in [-0.4, -0.2) is 0 Å². The minimum absolute atomic E-state index is 0.645. The first-order valence-corrected chi connectivity index (χ1v) is 5.33. The molecule has 0 saturated heterocycles. The molecule has 0 unspecified atom stereocenters. The lowest BCUT2D eigenvalue weighted by atomic mass is 9.89. The van der Waals surface area contributed by atoms with Crippen molar-refractivity contribution in [2.24, 2.45) is 5.92 Å². The largest absolute Gasteiger partial charge is 0.0835 e. The number of rotatable bonds is 0. The van der Waals surface area contributed by atoms with E-state index in [2.05, 4.69) is 43.3 Å². The van der Waals surface area contributed by atoms with Crippen LogP contribution in [0.4, 0.5) is 0 Å². The molecule has 1 aromatic rings. The second kappa shape index (κ2) is 2.84. The quantitative estimate of drug-likeness (QED) is 0.538. The van der Waals surface area contributed by atoms with E-state index < -0.39 is 0 Å². The highest BCUT2D eigenvalue weighted by Gasteiger charge is 2.24. The molecule has 0 N–H and O–H groups in total. The van der Waals surface area contributed by atoms with Crippen LogP contribution in [0.25, 0.3) is 5.57 Å². The summed E-state index contributed by atoms with van der Waals surface area (Å²) in [6, 6.07) is 8.83. The fourth-order valence-electron chi connectivity index (χ4n) is 2.64. The zero-order valence-corrected chi connectivity index (χ0v) is 8.46. The Labute approximate surface area is 85.0 Å². The first kappa shape index (κ1) is 8.05. The number of hydrogen-bond acceptors (Lipinski definition) is 0. The van der Waals surface area contributed by atoms with Crippen molar-refractivity contribution < 1.29 is 0 Å². The Bertz CT molecular complexity index is 435. The van der Waals surface area contributed by atoms with Crippen LogP contribution in [0.5, 0.6) is 0 Å². The Hall–Kier alpha value is -1.30. The van der Waals surface area contributed by atoms with E-state index in [0.29, 0.717) is 5.92 Å². The van der Waals surface area contributed by atoms with E-state index in [1.165, 1.54) is 17.5 Å². The summed E-state index contributed by atoms with van der Waals surface area (Å²) in [5.41, 5.74) is 6.26. The number of allylic oxidation sites excluding steroid dienone is 4. The van der Waals surface area contributed by atoms with E-state index >= 15 is 0 Å². The average molecular weight is 182 g/mol. The molecule has 70 valence electrons. The monoisotopic (exact) mass is 182 g/mol. The van der Waals surface area contributed by atoms with Crippen molar-refractivity contribution in [1.29, 1.82) is 0 Å². The fourth-order valence-corrected chi connectivity index (χ4v) is 2.64. The zero-order chi connectivity index (χ0) is 9.54. The van der Waals surface area contributed by atoms with Crippen LogP contribution in [0, 0.1) is 5.92 Å². The van der Waals surface area contributed by atoms with Gasteiger partial charge in [0.05, 0.1) is 0 Å². The van der Waals surface area contributed by atoms with E-state index in [1.54, 1.807) is 11.1 Å². The molecule has 0 bridgehead atoms. The van der Waals surface area contributed by atoms with Crippen molar-refractivity contribution in [3.8, 4) is 0 Å². The van der Waals surface area contributed by atoms with Gasteiger partial charge in [-0.1, -0.05) is 48.9 Å². The maximum atomic E-state index is 2.34. The van der Waals surface area contributed by atoms with Crippen LogP contribution in [0.3, 0.4) is 0 Å². The minimum atomic E-state index is 0.645. The van der Waals surface area contributed by atoms with Gasteiger partial charge in [0, 0.05) is 0 Å². The van der Waals surface area contributed by atoms with Gasteiger partial charge >= 0.3 is 0 Å². The molecule has 0 radical (unpaired) electrons. The SMILES string of the molecule is C[C@@H]1C=CCC2=C1Cc1ccccc12. The summed E-state index contributed by atoms with van der Waals surface area (Å²) in [4.78, 5) is 0. The van der Waals surface area contributed by atoms with Crippen molar-refractivity contribution in [3.63, 3.8) is 0 Å². The van der Waals surface area contributed by atoms with Crippen LogP contribution in [0.1, 0.15) is 24.5 Å². The molecule has 14 heavy (non-hydrogen) atoms. The maximum absolute atomic E-state index is 2.34. The summed E-state index contributed by atoms with van der Waals surface area (Å²) >= 11 is 0. The Kier molecular flexibility index (Phi) is 1.63. The number of fused-ring (bicyclic) bond motifs is 2. The van der Waals surface area contributed by atoms with Gasteiger partial charge < -0.3 is 0 Å². The Morgan fingerprint density at radius 2 is 2.07 bits per heavy atom. The van der Waals surface area contributed by atoms with E-state index in [-0.39, 0.29) is 0 Å². The van der Waals surface area contributed by atoms with Gasteiger partial charge in [-0.2, -0.15) is 0 Å². The van der Waals surface area contributed by atoms with Gasteiger partial charge in [0.1, 0.15) is 0 Å². The summed E-state index contributed by atoms with van der Waals surface area (Å²) in [5, 5.41) is 0. The van der Waals surface area contributed by atoms with Crippen molar-refractivity contribution in [3.05, 3.63) is 53.1 Å². The van der Waals surface area contributed by atoms with Crippen LogP contribution < -0.4 is 0 Å². The van der Waals surface area contributed by atoms with Gasteiger partial charge in [0.2, 0.25) is 0 Å². The fraction of sp³-hybridized carbons (Fsp3) is 0.286. The summed E-state index contributed by atoms with van der Waals surface area (Å²) in [7, 11) is 0. The predicted molar refractivity (Wildman–Crippen MR) is 60.0 cm³/mol. The molecule has 0 heterocycles. The van der Waals surface area contributed by atoms with Crippen LogP contribution in [-0.2, 0) is 6.42 Å². The standard InChI is InChI=1S/C14H14/c1-10-5-4-8-13-12-7-3-2-6-11(12)9-14(10)13/h2-7,10H,8-9H2,1H3/t10-/m1/s1. The molecule has 0 saturated carbocycles. The molecule has 0 fully saturated rings. The summed E-state index contributed by atoms with van der Waals surface area (Å²) in [6.45, 7) is 2.30. The van der Waals surface area contributed by atoms with Gasteiger partial charge in [0.15, 0.2) is 0 Å². The Morgan fingerprint density at radius 3 is 3.00 bits per heavy atom. The molecule has 0 nitrogen and oxygen atoms in total. The van der Waals surface area contributed by atoms with Gasteiger partial charge in [-0.05, 0) is 35.5 Å². The molecule has 0 amide bonds. The summed E-state index contributed by atoms with van der Waals surface area (Å²) < 4.78 is 0. The van der Waals surface area contributed by atoms with Crippen LogP contribution in [0.2, 0.25) is 0 Å². The Morgan fingerprint density at radius 1 is 1.21 bits per heavy atom. The molecule has 0 heteroatoms. The van der Waals surface area contributed by atoms with Gasteiger partial charge in [-0.15, -0.1) is 0 Å². The first-order chi connectivity index (χ1) is 6.86. The third-order valence-corrected chi connectivity index (χ3v) is 3.41. The zero-order valence-electron chi connectivity index (χ0n) is 8.46. The number of benzene rings is 1. The molecular formula is C14H14. The average Bonchev–Trinajstić information content (AvgIpc) is 2.59. The van der Waals surface area contributed by atoms with Crippen molar-refractivity contribution in [2.45, 2.75) is 19.8 Å². The molecule has 3 rings (SSSR count). The molecule has 1 aromatic carbocycles. The molecule has 0 aromatic heterocycles. The second-order valence-corrected chi connectivity index (χ2v) is 4.26. The molecule has 0 aliphatic heterocycles. The van der Waals surface area contributed by atoms with E-state index in [1.807, 2.05) is 0 Å². The third kappa shape index (κ3) is 1.00. The van der Waals surface area contributed by atoms with Crippen molar-refractivity contribution in [1.82, 2.24) is 0 Å². The normalized spacial score (nSPS) is 23.6. The highest BCUT2D eigenvalue weighted by molar-refractivity contribution is 5.78. The molecule has 2 aliphatic carbocycles. The van der Waals surface area contributed by atoms with E-state index in [0.717, 1.165) is 6.42 Å². The molecular weight excluding hydrogens is 168 g/mol. The lowest BCUT2D eigenvalue weighted by Crippen LogP contribution is -2.00. The predicted octanol–water partition coefficient (Wildman–Crippen LogP) is 3.59. The van der Waals surface area contributed by atoms with Crippen LogP contribution >= 0.6 is 0 Å². The van der Waals surface area contributed by atoms with E-state index in [4.69, 9.17) is 0 Å². The third-order valence-electron chi connectivity index (χ3n) is 3.41. The smallest absolute Gasteiger partial charge is 0.00420 e. The second-order valence-electron chi connectivity index (χ2n) is 4.26. The molecule has 0 spiro atoms. The summed E-state index contributed by atoms with van der Waals surface area (Å²) in [5.74, 6) is 0.645. The van der Waals surface area contributed by atoms with E-state index in [9.17, 15) is 0 Å². The van der Waals surface area contributed by atoms with Gasteiger partial charge in [0.25, 0.3) is 0 Å². The Balaban J connectivity index is 2.13. The number of hydrogen-bond donors (Lipinski definition) is 0. The van der Waals surface area contributed by atoms with Gasteiger partial charge in [-0.25, -0.2) is 0 Å². The minimum Gasteiger partial charge on any atom is -0.0835 e. The van der Waals surface area contributed by atoms with Crippen molar-refractivity contribution >= 4 is 5.57 Å². The highest BCUT2D eigenvalue weighted by Crippen LogP contribution is 2.41. The summed E-state index contributed by atoms with van der Waals surface area (Å²) in [6.07, 6.45) is 6.96. The topological polar surface area (TPSA) is 0 Å². The highest BCUT2D eigenvalue weighted by atomic mass is 14.3. The van der Waals surface area contributed by atoms with Gasteiger partial charge in [-0.3, -0.25) is 0 Å². The first-order valence-electron chi connectivity index (χ1n) is 5.33. The maximum Gasteiger partial charge on any atom is -0.00420 e. The lowest BCUT2D eigenvalue weighted by Gasteiger charge is -2.15.